The number of carbonyl (C=O) groups excluding carboxylic acids is 1. The van der Waals surface area contributed by atoms with Crippen molar-refractivity contribution in [2.75, 3.05) is 14.2 Å². The van der Waals surface area contributed by atoms with Crippen LogP contribution >= 0.6 is 24.0 Å². The number of carbonyl (C=O) groups is 1. The molecule has 0 bridgehead atoms. The van der Waals surface area contributed by atoms with Crippen molar-refractivity contribution < 1.29 is 14.3 Å². The molecule has 29 heavy (non-hydrogen) atoms. The number of methoxy groups -OCH3 is 2. The minimum Gasteiger partial charge on any atom is -0.497 e. The highest BCUT2D eigenvalue weighted by molar-refractivity contribution is 8.26. The van der Waals surface area contributed by atoms with Crippen LogP contribution in [0.5, 0.6) is 11.5 Å². The highest BCUT2D eigenvalue weighted by Crippen LogP contribution is 2.36. The van der Waals surface area contributed by atoms with Gasteiger partial charge < -0.3 is 9.47 Å². The number of hydrogen-bond acceptors (Lipinski definition) is 5. The van der Waals surface area contributed by atoms with Crippen molar-refractivity contribution in [1.29, 1.82) is 0 Å². The maximum absolute atomic E-state index is 13.0. The van der Waals surface area contributed by atoms with Crippen LogP contribution in [0.4, 0.5) is 0 Å². The normalized spacial score (nSPS) is 15.5. The van der Waals surface area contributed by atoms with Crippen LogP contribution in [0.2, 0.25) is 0 Å². The van der Waals surface area contributed by atoms with Crippen LogP contribution in [0.25, 0.3) is 6.08 Å². The summed E-state index contributed by atoms with van der Waals surface area (Å²) in [5.74, 6) is 1.93. The third-order valence-electron chi connectivity index (χ3n) is 4.90. The van der Waals surface area contributed by atoms with E-state index in [-0.39, 0.29) is 5.91 Å². The molecule has 1 heterocycles. The first-order chi connectivity index (χ1) is 13.8. The fraction of sp³-hybridized carbons (Fsp3) is 0.304. The topological polar surface area (TPSA) is 38.8 Å². The smallest absolute Gasteiger partial charge is 0.266 e. The van der Waals surface area contributed by atoms with Gasteiger partial charge in [-0.3, -0.25) is 9.69 Å². The summed E-state index contributed by atoms with van der Waals surface area (Å²) in [4.78, 5) is 15.3. The van der Waals surface area contributed by atoms with Gasteiger partial charge in [-0.1, -0.05) is 50.0 Å². The number of thioether (sulfide) groups is 1. The van der Waals surface area contributed by atoms with Gasteiger partial charge in [0.1, 0.15) is 15.8 Å². The predicted molar refractivity (Wildman–Crippen MR) is 124 cm³/mol. The summed E-state index contributed by atoms with van der Waals surface area (Å²) in [6.07, 6.45) is 1.94. The average molecular weight is 428 g/mol. The maximum atomic E-state index is 13.0. The molecular weight excluding hydrogens is 402 g/mol. The van der Waals surface area contributed by atoms with Gasteiger partial charge in [0, 0.05) is 0 Å². The maximum Gasteiger partial charge on any atom is 0.266 e. The lowest BCUT2D eigenvalue weighted by Gasteiger charge is -2.15. The molecular formula is C23H25NO3S2. The molecule has 1 aliphatic rings. The third kappa shape index (κ3) is 4.65. The van der Waals surface area contributed by atoms with Crippen molar-refractivity contribution in [3.63, 3.8) is 0 Å². The molecule has 1 aliphatic heterocycles. The molecule has 1 amide bonds. The zero-order valence-electron chi connectivity index (χ0n) is 17.3. The van der Waals surface area contributed by atoms with Crippen LogP contribution in [0.15, 0.2) is 41.3 Å². The largest absolute Gasteiger partial charge is 0.497 e. The van der Waals surface area contributed by atoms with E-state index in [1.807, 2.05) is 43.3 Å². The quantitative estimate of drug-likeness (QED) is 0.447. The molecule has 3 rings (SSSR count). The molecule has 0 spiro atoms. The molecule has 0 N–H and O–H groups in total. The second-order valence-corrected chi connectivity index (χ2v) is 8.90. The van der Waals surface area contributed by atoms with Gasteiger partial charge in [0.15, 0.2) is 0 Å². The number of aryl methyl sites for hydroxylation is 1. The molecule has 2 aromatic carbocycles. The Kier molecular flexibility index (Phi) is 6.65. The monoisotopic (exact) mass is 427 g/mol. The molecule has 0 aliphatic carbocycles. The molecule has 0 atom stereocenters. The van der Waals surface area contributed by atoms with E-state index in [4.69, 9.17) is 21.7 Å². The lowest BCUT2D eigenvalue weighted by Crippen LogP contribution is -2.27. The molecule has 1 fully saturated rings. The van der Waals surface area contributed by atoms with E-state index < -0.39 is 0 Å². The average Bonchev–Trinajstić information content (AvgIpc) is 2.96. The first kappa shape index (κ1) is 21.4. The molecule has 0 radical (unpaired) electrons. The summed E-state index contributed by atoms with van der Waals surface area (Å²) >= 11 is 6.83. The number of rotatable bonds is 6. The van der Waals surface area contributed by atoms with Gasteiger partial charge in [-0.25, -0.2) is 0 Å². The van der Waals surface area contributed by atoms with Crippen LogP contribution in [0.1, 0.15) is 42.0 Å². The molecule has 1 saturated heterocycles. The van der Waals surface area contributed by atoms with Gasteiger partial charge in [0.25, 0.3) is 5.91 Å². The van der Waals surface area contributed by atoms with Crippen molar-refractivity contribution in [1.82, 2.24) is 4.90 Å². The summed E-state index contributed by atoms with van der Waals surface area (Å²) in [7, 11) is 3.32. The summed E-state index contributed by atoms with van der Waals surface area (Å²) in [5, 5.41) is 0. The van der Waals surface area contributed by atoms with Crippen molar-refractivity contribution in [3.8, 4) is 11.5 Å². The zero-order valence-corrected chi connectivity index (χ0v) is 18.9. The van der Waals surface area contributed by atoms with Crippen molar-refractivity contribution in [3.05, 3.63) is 63.6 Å². The first-order valence-corrected chi connectivity index (χ1v) is 10.6. The number of benzene rings is 2. The number of thiocarbonyl (C=S) groups is 1. The third-order valence-corrected chi connectivity index (χ3v) is 6.28. The van der Waals surface area contributed by atoms with Crippen LogP contribution in [-0.2, 0) is 11.3 Å². The summed E-state index contributed by atoms with van der Waals surface area (Å²) < 4.78 is 11.3. The van der Waals surface area contributed by atoms with Gasteiger partial charge in [0.2, 0.25) is 0 Å². The van der Waals surface area contributed by atoms with E-state index in [9.17, 15) is 4.79 Å². The Balaban J connectivity index is 1.86. The number of hydrogen-bond donors (Lipinski definition) is 0. The number of nitrogens with zero attached hydrogens (tertiary/aromatic N) is 1. The van der Waals surface area contributed by atoms with Gasteiger partial charge in [-0.2, -0.15) is 0 Å². The molecule has 2 aromatic rings. The zero-order chi connectivity index (χ0) is 21.1. The Bertz CT molecular complexity index is 965. The van der Waals surface area contributed by atoms with Crippen molar-refractivity contribution >= 4 is 40.3 Å². The fourth-order valence-electron chi connectivity index (χ4n) is 3.19. The molecule has 152 valence electrons. The van der Waals surface area contributed by atoms with Crippen LogP contribution in [-0.4, -0.2) is 29.3 Å². The van der Waals surface area contributed by atoms with Gasteiger partial charge in [-0.15, -0.1) is 0 Å². The van der Waals surface area contributed by atoms with Gasteiger partial charge in [-0.05, 0) is 65.4 Å². The minimum atomic E-state index is -0.0582. The second kappa shape index (κ2) is 9.01. The minimum absolute atomic E-state index is 0.0582. The van der Waals surface area contributed by atoms with E-state index in [0.717, 1.165) is 33.8 Å². The van der Waals surface area contributed by atoms with E-state index >= 15 is 0 Å². The molecule has 6 heteroatoms. The standard InChI is InChI=1S/C23H25NO3S2/c1-14(2)19-11-17(15(3)10-20(19)27-5)12-21-22(25)24(23(28)29-21)13-16-6-8-18(26-4)9-7-16/h6-12,14H,13H2,1-5H3. The summed E-state index contributed by atoms with van der Waals surface area (Å²) in [6.45, 7) is 6.73. The summed E-state index contributed by atoms with van der Waals surface area (Å²) in [6, 6.07) is 11.8. The van der Waals surface area contributed by atoms with E-state index in [1.54, 1.807) is 19.1 Å². The second-order valence-electron chi connectivity index (χ2n) is 7.22. The van der Waals surface area contributed by atoms with E-state index in [0.29, 0.717) is 21.7 Å². The van der Waals surface area contributed by atoms with Crippen LogP contribution in [0.3, 0.4) is 0 Å². The van der Waals surface area contributed by atoms with Crippen LogP contribution < -0.4 is 9.47 Å². The number of amides is 1. The van der Waals surface area contributed by atoms with Gasteiger partial charge in [0.05, 0.1) is 25.7 Å². The highest BCUT2D eigenvalue weighted by atomic mass is 32.2. The van der Waals surface area contributed by atoms with E-state index in [1.165, 1.54) is 11.8 Å². The Hall–Kier alpha value is -2.31. The van der Waals surface area contributed by atoms with E-state index in [2.05, 4.69) is 19.9 Å². The molecule has 4 nitrogen and oxygen atoms in total. The van der Waals surface area contributed by atoms with Gasteiger partial charge >= 0.3 is 0 Å². The molecule has 0 saturated carbocycles. The Morgan fingerprint density at radius 3 is 2.41 bits per heavy atom. The SMILES string of the molecule is COc1ccc(CN2C(=O)C(=Cc3cc(C(C)C)c(OC)cc3C)SC2=S)cc1. The van der Waals surface area contributed by atoms with Crippen LogP contribution in [0, 0.1) is 6.92 Å². The molecule has 0 aromatic heterocycles. The van der Waals surface area contributed by atoms with Crippen molar-refractivity contribution in [2.45, 2.75) is 33.2 Å². The predicted octanol–water partition coefficient (Wildman–Crippen LogP) is 5.54. The lowest BCUT2D eigenvalue weighted by molar-refractivity contribution is -0.122. The first-order valence-electron chi connectivity index (χ1n) is 9.41. The fourth-order valence-corrected chi connectivity index (χ4v) is 4.44. The lowest BCUT2D eigenvalue weighted by atomic mass is 9.96. The highest BCUT2D eigenvalue weighted by Gasteiger charge is 2.32. The Labute approximate surface area is 181 Å². The number of ether oxygens (including phenoxy) is 2. The Morgan fingerprint density at radius 2 is 1.83 bits per heavy atom. The Morgan fingerprint density at radius 1 is 1.14 bits per heavy atom. The molecule has 0 unspecified atom stereocenters. The summed E-state index contributed by atoms with van der Waals surface area (Å²) in [5.41, 5.74) is 4.20. The van der Waals surface area contributed by atoms with Crippen molar-refractivity contribution in [2.24, 2.45) is 0 Å².